The van der Waals surface area contributed by atoms with Crippen LogP contribution >= 0.6 is 0 Å². The molecule has 0 saturated carbocycles. The number of nitrogens with one attached hydrogen (secondary N) is 1. The molecular weight excluding hydrogens is 520 g/mol. The van der Waals surface area contributed by atoms with E-state index in [0.29, 0.717) is 19.3 Å². The van der Waals surface area contributed by atoms with Gasteiger partial charge in [-0.15, -0.1) is 4.99 Å². The Balaban J connectivity index is 1.30. The third kappa shape index (κ3) is 9.20. The van der Waals surface area contributed by atoms with Crippen molar-refractivity contribution in [2.75, 3.05) is 6.54 Å². The summed E-state index contributed by atoms with van der Waals surface area (Å²) >= 11 is 0. The zero-order valence-electron chi connectivity index (χ0n) is 23.0. The summed E-state index contributed by atoms with van der Waals surface area (Å²) in [5.74, 6) is -0.302. The van der Waals surface area contributed by atoms with Crippen LogP contribution in [-0.2, 0) is 33.9 Å². The van der Waals surface area contributed by atoms with Crippen LogP contribution in [0.3, 0.4) is 0 Å². The van der Waals surface area contributed by atoms with E-state index in [1.165, 1.54) is 5.56 Å². The standard InChI is InChI=1S/C32H36N4O5/c33-30(35-31(38)40-22-25-14-6-2-7-15-25)36(32(39)41-23-26-16-8-3-9-17-26)21-11-10-18-27-28(34-29(27)37)20-19-24-12-4-1-5-13-24/h1-9,12-17,27-28H,10-11,18-23H2,(H,34,37)(H2,33,35,38). The van der Waals surface area contributed by atoms with Crippen LogP contribution in [0.4, 0.5) is 9.59 Å². The van der Waals surface area contributed by atoms with Crippen molar-refractivity contribution in [1.82, 2.24) is 10.2 Å². The molecule has 0 bridgehead atoms. The number of aryl methyl sites for hydroxylation is 1. The van der Waals surface area contributed by atoms with Gasteiger partial charge in [-0.25, -0.2) is 14.5 Å². The number of carbonyl (C=O) groups excluding carboxylic acids is 3. The lowest BCUT2D eigenvalue weighted by atomic mass is 9.82. The van der Waals surface area contributed by atoms with Crippen LogP contribution in [0, 0.1) is 5.92 Å². The number of nitrogens with two attached hydrogens (primary N) is 1. The summed E-state index contributed by atoms with van der Waals surface area (Å²) in [5, 5.41) is 3.01. The van der Waals surface area contributed by atoms with Gasteiger partial charge in [0, 0.05) is 12.6 Å². The number of hydrogen-bond donors (Lipinski definition) is 2. The first kappa shape index (κ1) is 29.3. The Hall–Kier alpha value is -4.66. The lowest BCUT2D eigenvalue weighted by Crippen LogP contribution is -2.58. The molecular formula is C32H36N4O5. The molecule has 1 fully saturated rings. The van der Waals surface area contributed by atoms with E-state index in [2.05, 4.69) is 22.4 Å². The summed E-state index contributed by atoms with van der Waals surface area (Å²) in [6, 6.07) is 28.8. The number of rotatable bonds is 12. The third-order valence-electron chi connectivity index (χ3n) is 7.00. The Bertz CT molecular complexity index is 1300. The van der Waals surface area contributed by atoms with Crippen molar-refractivity contribution in [3.05, 3.63) is 108 Å². The molecule has 4 rings (SSSR count). The van der Waals surface area contributed by atoms with Crippen LogP contribution in [0.5, 0.6) is 0 Å². The van der Waals surface area contributed by atoms with Crippen molar-refractivity contribution in [1.29, 1.82) is 0 Å². The monoisotopic (exact) mass is 556 g/mol. The number of nitrogens with zero attached hydrogens (tertiary/aromatic N) is 2. The quantitative estimate of drug-likeness (QED) is 0.137. The van der Waals surface area contributed by atoms with Gasteiger partial charge in [0.05, 0.1) is 5.92 Å². The highest BCUT2D eigenvalue weighted by Gasteiger charge is 2.37. The van der Waals surface area contributed by atoms with Gasteiger partial charge >= 0.3 is 12.2 Å². The molecule has 3 N–H and O–H groups in total. The molecule has 3 aromatic carbocycles. The maximum absolute atomic E-state index is 13.0. The molecule has 2 unspecified atom stereocenters. The SMILES string of the molecule is N/C(=N/C(=O)OCc1ccccc1)N(CCCCC1C(=O)NC1CCc1ccccc1)C(=O)OCc1ccccc1. The number of guanidine groups is 1. The van der Waals surface area contributed by atoms with Crippen molar-refractivity contribution in [3.63, 3.8) is 0 Å². The van der Waals surface area contributed by atoms with Gasteiger partial charge in [0.1, 0.15) is 13.2 Å². The molecule has 9 heteroatoms. The van der Waals surface area contributed by atoms with Crippen LogP contribution in [0.15, 0.2) is 96.0 Å². The largest absolute Gasteiger partial charge is 0.444 e. The number of benzene rings is 3. The van der Waals surface area contributed by atoms with Crippen LogP contribution in [0.1, 0.15) is 42.4 Å². The molecule has 0 aliphatic carbocycles. The highest BCUT2D eigenvalue weighted by atomic mass is 16.6. The minimum Gasteiger partial charge on any atom is -0.444 e. The fourth-order valence-electron chi connectivity index (χ4n) is 4.69. The number of β-lactam (4-membered cyclic amide) rings is 1. The average molecular weight is 557 g/mol. The Morgan fingerprint density at radius 3 is 1.93 bits per heavy atom. The molecule has 0 aromatic heterocycles. The smallest absolute Gasteiger partial charge is 0.437 e. The van der Waals surface area contributed by atoms with E-state index in [-0.39, 0.29) is 43.6 Å². The summed E-state index contributed by atoms with van der Waals surface area (Å²) in [4.78, 5) is 42.4. The van der Waals surface area contributed by atoms with Crippen molar-refractivity contribution >= 4 is 24.1 Å². The molecule has 0 spiro atoms. The first-order valence-corrected chi connectivity index (χ1v) is 13.9. The van der Waals surface area contributed by atoms with Gasteiger partial charge in [-0.05, 0) is 42.4 Å². The molecule has 1 saturated heterocycles. The predicted molar refractivity (Wildman–Crippen MR) is 156 cm³/mol. The van der Waals surface area contributed by atoms with E-state index in [9.17, 15) is 14.4 Å². The number of aliphatic imine (C=N–C) groups is 1. The summed E-state index contributed by atoms with van der Waals surface area (Å²) < 4.78 is 10.6. The molecule has 0 radical (unpaired) electrons. The maximum Gasteiger partial charge on any atom is 0.437 e. The van der Waals surface area contributed by atoms with E-state index in [4.69, 9.17) is 15.2 Å². The Morgan fingerprint density at radius 1 is 0.780 bits per heavy atom. The minimum absolute atomic E-state index is 0.0315. The summed E-state index contributed by atoms with van der Waals surface area (Å²) in [6.45, 7) is 0.259. The van der Waals surface area contributed by atoms with Crippen LogP contribution in [0.2, 0.25) is 0 Å². The second-order valence-corrected chi connectivity index (χ2v) is 9.94. The number of carbonyl (C=O) groups is 3. The van der Waals surface area contributed by atoms with E-state index in [1.54, 1.807) is 0 Å². The van der Waals surface area contributed by atoms with Gasteiger partial charge in [0.15, 0.2) is 0 Å². The second kappa shape index (κ2) is 15.2. The number of amides is 3. The van der Waals surface area contributed by atoms with Gasteiger partial charge in [0.2, 0.25) is 11.9 Å². The van der Waals surface area contributed by atoms with E-state index >= 15 is 0 Å². The Labute approximate surface area is 240 Å². The zero-order valence-corrected chi connectivity index (χ0v) is 23.0. The van der Waals surface area contributed by atoms with Crippen molar-refractivity contribution < 1.29 is 23.9 Å². The molecule has 41 heavy (non-hydrogen) atoms. The van der Waals surface area contributed by atoms with Gasteiger partial charge in [-0.3, -0.25) is 4.79 Å². The van der Waals surface area contributed by atoms with Crippen molar-refractivity contribution in [3.8, 4) is 0 Å². The first-order valence-electron chi connectivity index (χ1n) is 13.9. The maximum atomic E-state index is 13.0. The van der Waals surface area contributed by atoms with Gasteiger partial charge in [0.25, 0.3) is 0 Å². The highest BCUT2D eigenvalue weighted by Crippen LogP contribution is 2.25. The molecule has 1 aliphatic heterocycles. The molecule has 3 aromatic rings. The topological polar surface area (TPSA) is 123 Å². The first-order chi connectivity index (χ1) is 20.0. The van der Waals surface area contributed by atoms with Gasteiger partial charge in [-0.2, -0.15) is 0 Å². The number of hydrogen-bond acceptors (Lipinski definition) is 5. The van der Waals surface area contributed by atoms with Crippen molar-refractivity contribution in [2.24, 2.45) is 16.6 Å². The molecule has 3 amide bonds. The second-order valence-electron chi connectivity index (χ2n) is 9.94. The average Bonchev–Trinajstić information content (AvgIpc) is 3.00. The Morgan fingerprint density at radius 2 is 1.34 bits per heavy atom. The molecule has 2 atom stereocenters. The molecule has 214 valence electrons. The summed E-state index contributed by atoms with van der Waals surface area (Å²) in [5.41, 5.74) is 8.95. The summed E-state index contributed by atoms with van der Waals surface area (Å²) in [7, 11) is 0. The van der Waals surface area contributed by atoms with Crippen molar-refractivity contribution in [2.45, 2.75) is 51.4 Å². The van der Waals surface area contributed by atoms with Crippen LogP contribution in [-0.4, -0.2) is 41.5 Å². The van der Waals surface area contributed by atoms with Crippen LogP contribution in [0.25, 0.3) is 0 Å². The van der Waals surface area contributed by atoms with Gasteiger partial charge < -0.3 is 20.5 Å². The van der Waals surface area contributed by atoms with E-state index in [0.717, 1.165) is 28.9 Å². The normalized spacial score (nSPS) is 16.3. The highest BCUT2D eigenvalue weighted by molar-refractivity contribution is 5.97. The third-order valence-corrected chi connectivity index (χ3v) is 7.00. The Kier molecular flexibility index (Phi) is 10.9. The van der Waals surface area contributed by atoms with Gasteiger partial charge in [-0.1, -0.05) is 97.4 Å². The number of ether oxygens (including phenoxy) is 2. The van der Waals surface area contributed by atoms with E-state index in [1.807, 2.05) is 78.9 Å². The number of unbranched alkanes of at least 4 members (excludes halogenated alkanes) is 1. The fourth-order valence-corrected chi connectivity index (χ4v) is 4.69. The minimum atomic E-state index is -0.903. The molecule has 1 heterocycles. The molecule has 1 aliphatic rings. The lowest BCUT2D eigenvalue weighted by molar-refractivity contribution is -0.135. The lowest BCUT2D eigenvalue weighted by Gasteiger charge is -2.37. The fraction of sp³-hybridized carbons (Fsp3) is 0.312. The van der Waals surface area contributed by atoms with E-state index < -0.39 is 12.2 Å². The zero-order chi connectivity index (χ0) is 28.9. The molecule has 9 nitrogen and oxygen atoms in total. The van der Waals surface area contributed by atoms with Crippen LogP contribution < -0.4 is 11.1 Å². The predicted octanol–water partition coefficient (Wildman–Crippen LogP) is 5.19. The summed E-state index contributed by atoms with van der Waals surface area (Å²) in [6.07, 6.45) is 2.08.